The van der Waals surface area contributed by atoms with Crippen LogP contribution in [-0.2, 0) is 15.0 Å². The van der Waals surface area contributed by atoms with Gasteiger partial charge < -0.3 is 10.0 Å². The summed E-state index contributed by atoms with van der Waals surface area (Å²) in [5.41, 5.74) is 0. The lowest BCUT2D eigenvalue weighted by atomic mass is 10.0. The molecule has 0 aromatic carbocycles. The molecule has 1 aliphatic heterocycles. The van der Waals surface area contributed by atoms with Crippen LogP contribution in [0.2, 0.25) is 0 Å². The maximum Gasteiger partial charge on any atom is 0.307 e. The van der Waals surface area contributed by atoms with E-state index in [1.165, 1.54) is 8.61 Å². The van der Waals surface area contributed by atoms with Gasteiger partial charge in [0.1, 0.15) is 0 Å². The van der Waals surface area contributed by atoms with Crippen molar-refractivity contribution in [2.45, 2.75) is 32.7 Å². The first-order valence-corrected chi connectivity index (χ1v) is 8.74. The summed E-state index contributed by atoms with van der Waals surface area (Å²) in [6, 6.07) is -0.153. The lowest BCUT2D eigenvalue weighted by Crippen LogP contribution is -2.53. The molecule has 2 atom stereocenters. The van der Waals surface area contributed by atoms with E-state index in [9.17, 15) is 13.2 Å². The number of carbonyl (C=O) groups is 1. The molecule has 0 spiro atoms. The minimum absolute atomic E-state index is 0.0723. The quantitative estimate of drug-likeness (QED) is 0.729. The Morgan fingerprint density at radius 1 is 1.43 bits per heavy atom. The van der Waals surface area contributed by atoms with E-state index in [1.54, 1.807) is 0 Å². The molecule has 2 unspecified atom stereocenters. The minimum Gasteiger partial charge on any atom is -0.481 e. The van der Waals surface area contributed by atoms with Crippen molar-refractivity contribution < 1.29 is 18.3 Å². The molecule has 0 bridgehead atoms. The van der Waals surface area contributed by atoms with Crippen molar-refractivity contribution in [3.8, 4) is 0 Å². The zero-order chi connectivity index (χ0) is 16.2. The molecule has 0 radical (unpaired) electrons. The third-order valence-electron chi connectivity index (χ3n) is 3.79. The van der Waals surface area contributed by atoms with E-state index in [-0.39, 0.29) is 12.6 Å². The van der Waals surface area contributed by atoms with Gasteiger partial charge in [0.05, 0.1) is 5.92 Å². The lowest BCUT2D eigenvalue weighted by Gasteiger charge is -2.37. The Morgan fingerprint density at radius 2 is 2.05 bits per heavy atom. The van der Waals surface area contributed by atoms with Crippen LogP contribution in [0.4, 0.5) is 0 Å². The molecular weight excluding hydrogens is 294 g/mol. The summed E-state index contributed by atoms with van der Waals surface area (Å²) in [4.78, 5) is 13.0. The lowest BCUT2D eigenvalue weighted by molar-refractivity contribution is -0.142. The number of likely N-dealkylation sites (N-methyl/N-ethyl adjacent to an activating group) is 2. The van der Waals surface area contributed by atoms with Crippen LogP contribution in [0.25, 0.3) is 0 Å². The highest BCUT2D eigenvalue weighted by Gasteiger charge is 2.37. The highest BCUT2D eigenvalue weighted by molar-refractivity contribution is 7.86. The van der Waals surface area contributed by atoms with Gasteiger partial charge in [0.15, 0.2) is 0 Å². The van der Waals surface area contributed by atoms with E-state index < -0.39 is 22.1 Å². The Hall–Kier alpha value is -0.700. The predicted octanol–water partition coefficient (Wildman–Crippen LogP) is 0.300. The maximum absolute atomic E-state index is 12.7. The Morgan fingerprint density at radius 3 is 2.52 bits per heavy atom. The molecule has 1 aliphatic rings. The van der Waals surface area contributed by atoms with Crippen molar-refractivity contribution in [3.05, 3.63) is 0 Å². The molecule has 1 N–H and O–H groups in total. The molecule has 1 rings (SSSR count). The first-order chi connectivity index (χ1) is 9.70. The normalized spacial score (nSPS) is 22.7. The summed E-state index contributed by atoms with van der Waals surface area (Å²) in [7, 11) is 0.193. The number of hydrogen-bond donors (Lipinski definition) is 1. The summed E-state index contributed by atoms with van der Waals surface area (Å²) < 4.78 is 28.3. The van der Waals surface area contributed by atoms with Crippen molar-refractivity contribution in [2.24, 2.45) is 5.92 Å². The number of hydrogen-bond acceptors (Lipinski definition) is 4. The molecule has 1 fully saturated rings. The number of rotatable bonds is 7. The Balaban J connectivity index is 2.88. The van der Waals surface area contributed by atoms with Crippen LogP contribution >= 0.6 is 0 Å². The number of aliphatic carboxylic acids is 1. The summed E-state index contributed by atoms with van der Waals surface area (Å²) >= 11 is 0. The van der Waals surface area contributed by atoms with Gasteiger partial charge in [-0.15, -0.1) is 0 Å². The monoisotopic (exact) mass is 321 g/mol. The molecule has 0 saturated carbocycles. The zero-order valence-electron chi connectivity index (χ0n) is 13.3. The Bertz CT molecular complexity index is 452. The van der Waals surface area contributed by atoms with Crippen LogP contribution in [0.15, 0.2) is 0 Å². The molecule has 124 valence electrons. The van der Waals surface area contributed by atoms with Gasteiger partial charge in [-0.05, 0) is 33.9 Å². The van der Waals surface area contributed by atoms with Gasteiger partial charge in [-0.1, -0.05) is 6.92 Å². The van der Waals surface area contributed by atoms with Crippen LogP contribution < -0.4 is 0 Å². The molecule has 7 nitrogen and oxygen atoms in total. The summed E-state index contributed by atoms with van der Waals surface area (Å²) in [6.45, 7) is 5.16. The van der Waals surface area contributed by atoms with Gasteiger partial charge in [-0.2, -0.15) is 17.0 Å². The van der Waals surface area contributed by atoms with E-state index >= 15 is 0 Å². The van der Waals surface area contributed by atoms with Crippen molar-refractivity contribution >= 4 is 16.2 Å². The highest BCUT2D eigenvalue weighted by Crippen LogP contribution is 2.22. The third-order valence-corrected chi connectivity index (χ3v) is 5.98. The van der Waals surface area contributed by atoms with Gasteiger partial charge in [-0.25, -0.2) is 0 Å². The van der Waals surface area contributed by atoms with Gasteiger partial charge >= 0.3 is 5.97 Å². The molecule has 1 heterocycles. The molecule has 8 heteroatoms. The molecule has 0 amide bonds. The van der Waals surface area contributed by atoms with E-state index in [0.29, 0.717) is 32.5 Å². The van der Waals surface area contributed by atoms with Gasteiger partial charge in [0.25, 0.3) is 10.2 Å². The van der Waals surface area contributed by atoms with Crippen LogP contribution in [0.1, 0.15) is 26.7 Å². The standard InChI is InChI=1S/C13H27N3O4S/c1-5-16(11(2)9-14(3)4)21(19,20)15-8-6-7-12(10-15)13(17)18/h11-12H,5-10H2,1-4H3,(H,17,18). The van der Waals surface area contributed by atoms with E-state index in [4.69, 9.17) is 5.11 Å². The second-order valence-corrected chi connectivity index (χ2v) is 7.74. The maximum atomic E-state index is 12.7. The van der Waals surface area contributed by atoms with Crippen LogP contribution in [-0.4, -0.2) is 79.3 Å². The summed E-state index contributed by atoms with van der Waals surface area (Å²) in [5.74, 6) is -1.52. The van der Waals surface area contributed by atoms with E-state index in [1.807, 2.05) is 32.8 Å². The number of carboxylic acid groups (broad SMARTS) is 1. The van der Waals surface area contributed by atoms with E-state index in [2.05, 4.69) is 0 Å². The molecule has 0 aromatic heterocycles. The summed E-state index contributed by atoms with van der Waals surface area (Å²) in [6.07, 6.45) is 1.14. The number of piperidine rings is 1. The zero-order valence-corrected chi connectivity index (χ0v) is 14.1. The van der Waals surface area contributed by atoms with Crippen molar-refractivity contribution in [2.75, 3.05) is 40.3 Å². The fourth-order valence-corrected chi connectivity index (χ4v) is 4.70. The van der Waals surface area contributed by atoms with Crippen molar-refractivity contribution in [1.29, 1.82) is 0 Å². The largest absolute Gasteiger partial charge is 0.481 e. The first kappa shape index (κ1) is 18.3. The smallest absolute Gasteiger partial charge is 0.307 e. The van der Waals surface area contributed by atoms with Crippen LogP contribution in [0.3, 0.4) is 0 Å². The second kappa shape index (κ2) is 7.53. The van der Waals surface area contributed by atoms with Crippen LogP contribution in [0, 0.1) is 5.92 Å². The highest BCUT2D eigenvalue weighted by atomic mass is 32.2. The fraction of sp³-hybridized carbons (Fsp3) is 0.923. The van der Waals surface area contributed by atoms with Crippen molar-refractivity contribution in [1.82, 2.24) is 13.5 Å². The Kier molecular flexibility index (Phi) is 6.58. The molecule has 1 saturated heterocycles. The average molecular weight is 321 g/mol. The van der Waals surface area contributed by atoms with E-state index in [0.717, 1.165) is 0 Å². The van der Waals surface area contributed by atoms with Crippen LogP contribution in [0.5, 0.6) is 0 Å². The van der Waals surface area contributed by atoms with Gasteiger partial charge in [0, 0.05) is 32.2 Å². The SMILES string of the molecule is CCN(C(C)CN(C)C)S(=O)(=O)N1CCCC(C(=O)O)C1. The number of carboxylic acids is 1. The molecule has 21 heavy (non-hydrogen) atoms. The van der Waals surface area contributed by atoms with Crippen molar-refractivity contribution in [3.63, 3.8) is 0 Å². The third kappa shape index (κ3) is 4.64. The topological polar surface area (TPSA) is 81.2 Å². The second-order valence-electron chi connectivity index (χ2n) is 5.86. The fourth-order valence-electron chi connectivity index (χ4n) is 2.82. The average Bonchev–Trinajstić information content (AvgIpc) is 2.38. The van der Waals surface area contributed by atoms with Gasteiger partial charge in [0.2, 0.25) is 0 Å². The first-order valence-electron chi connectivity index (χ1n) is 7.34. The predicted molar refractivity (Wildman–Crippen MR) is 81.2 cm³/mol. The summed E-state index contributed by atoms with van der Waals surface area (Å²) in [5, 5.41) is 9.10. The molecule has 0 aromatic rings. The Labute approximate surface area is 127 Å². The number of nitrogens with zero attached hydrogens (tertiary/aromatic N) is 3. The minimum atomic E-state index is -3.61. The van der Waals surface area contributed by atoms with Gasteiger partial charge in [-0.3, -0.25) is 4.79 Å². The molecular formula is C13H27N3O4S. The molecule has 0 aliphatic carbocycles.